The van der Waals surface area contributed by atoms with Crippen molar-refractivity contribution in [2.75, 3.05) is 19.6 Å². The predicted octanol–water partition coefficient (Wildman–Crippen LogP) is 3.81. The summed E-state index contributed by atoms with van der Waals surface area (Å²) in [5, 5.41) is 0. The van der Waals surface area contributed by atoms with Crippen molar-refractivity contribution in [3.63, 3.8) is 0 Å². The van der Waals surface area contributed by atoms with Crippen LogP contribution in [0.1, 0.15) is 43.3 Å². The molecule has 0 aliphatic heterocycles. The molecule has 1 saturated carbocycles. The summed E-state index contributed by atoms with van der Waals surface area (Å²) < 4.78 is 5.69. The SMILES string of the molecule is CCCN(CC(=O)N(CCc1ccccc1)Cc1ccc(C)o1)C(=O)C1CC1. The summed E-state index contributed by atoms with van der Waals surface area (Å²) in [5.41, 5.74) is 1.19. The van der Waals surface area contributed by atoms with Crippen LogP contribution >= 0.6 is 0 Å². The molecule has 0 saturated heterocycles. The molecule has 3 rings (SSSR count). The molecule has 2 aromatic rings. The van der Waals surface area contributed by atoms with Gasteiger partial charge in [-0.25, -0.2) is 0 Å². The van der Waals surface area contributed by atoms with Crippen LogP contribution in [0.25, 0.3) is 0 Å². The highest BCUT2D eigenvalue weighted by molar-refractivity contribution is 5.87. The lowest BCUT2D eigenvalue weighted by Crippen LogP contribution is -2.44. The first-order chi connectivity index (χ1) is 13.6. The summed E-state index contributed by atoms with van der Waals surface area (Å²) in [7, 11) is 0. The van der Waals surface area contributed by atoms with Gasteiger partial charge in [0.2, 0.25) is 11.8 Å². The van der Waals surface area contributed by atoms with E-state index >= 15 is 0 Å². The highest BCUT2D eigenvalue weighted by Gasteiger charge is 2.34. The molecule has 1 aliphatic rings. The van der Waals surface area contributed by atoms with E-state index in [1.807, 2.05) is 49.1 Å². The Morgan fingerprint density at radius 2 is 1.79 bits per heavy atom. The molecule has 5 heteroatoms. The first kappa shape index (κ1) is 20.2. The van der Waals surface area contributed by atoms with Crippen molar-refractivity contribution in [1.29, 1.82) is 0 Å². The lowest BCUT2D eigenvalue weighted by Gasteiger charge is -2.27. The largest absolute Gasteiger partial charge is 0.464 e. The van der Waals surface area contributed by atoms with E-state index in [1.54, 1.807) is 4.90 Å². The molecule has 5 nitrogen and oxygen atoms in total. The number of furan rings is 1. The topological polar surface area (TPSA) is 53.8 Å². The monoisotopic (exact) mass is 382 g/mol. The van der Waals surface area contributed by atoms with Gasteiger partial charge in [0.25, 0.3) is 0 Å². The zero-order chi connectivity index (χ0) is 19.9. The maximum absolute atomic E-state index is 13.1. The number of hydrogen-bond donors (Lipinski definition) is 0. The fraction of sp³-hybridized carbons (Fsp3) is 0.478. The van der Waals surface area contributed by atoms with Gasteiger partial charge in [-0.15, -0.1) is 0 Å². The van der Waals surface area contributed by atoms with Crippen molar-refractivity contribution in [3.05, 3.63) is 59.5 Å². The lowest BCUT2D eigenvalue weighted by molar-refractivity contribution is -0.141. The second-order valence-corrected chi connectivity index (χ2v) is 7.60. The molecule has 1 aromatic carbocycles. The van der Waals surface area contributed by atoms with Gasteiger partial charge in [0.05, 0.1) is 13.1 Å². The molecule has 1 aliphatic carbocycles. The molecule has 2 amide bonds. The van der Waals surface area contributed by atoms with Crippen LogP contribution in [0.2, 0.25) is 0 Å². The standard InChI is InChI=1S/C23H30N2O3/c1-3-14-25(23(27)20-10-11-20)17-22(26)24(16-21-12-9-18(2)28-21)15-13-19-7-5-4-6-8-19/h4-9,12,20H,3,10-11,13-17H2,1-2H3. The molecule has 1 aromatic heterocycles. The lowest BCUT2D eigenvalue weighted by atomic mass is 10.1. The van der Waals surface area contributed by atoms with Gasteiger partial charge in [-0.05, 0) is 50.3 Å². The predicted molar refractivity (Wildman–Crippen MR) is 109 cm³/mol. The van der Waals surface area contributed by atoms with Gasteiger partial charge in [0.1, 0.15) is 11.5 Å². The van der Waals surface area contributed by atoms with Gasteiger partial charge in [-0.2, -0.15) is 0 Å². The van der Waals surface area contributed by atoms with E-state index in [1.165, 1.54) is 5.56 Å². The van der Waals surface area contributed by atoms with Crippen LogP contribution in [0.3, 0.4) is 0 Å². The molecular formula is C23H30N2O3. The Morgan fingerprint density at radius 1 is 1.04 bits per heavy atom. The Balaban J connectivity index is 1.67. The Hall–Kier alpha value is -2.56. The number of amides is 2. The fourth-order valence-corrected chi connectivity index (χ4v) is 3.35. The van der Waals surface area contributed by atoms with Gasteiger partial charge < -0.3 is 14.2 Å². The van der Waals surface area contributed by atoms with Crippen LogP contribution < -0.4 is 0 Å². The molecule has 0 bridgehead atoms. The third-order valence-electron chi connectivity index (χ3n) is 5.07. The summed E-state index contributed by atoms with van der Waals surface area (Å²) >= 11 is 0. The summed E-state index contributed by atoms with van der Waals surface area (Å²) in [4.78, 5) is 29.2. The average molecular weight is 383 g/mol. The third kappa shape index (κ3) is 5.72. The van der Waals surface area contributed by atoms with E-state index in [0.717, 1.165) is 37.2 Å². The van der Waals surface area contributed by atoms with E-state index in [2.05, 4.69) is 12.1 Å². The number of rotatable bonds is 10. The molecule has 0 unspecified atom stereocenters. The van der Waals surface area contributed by atoms with Crippen LogP contribution in [0.4, 0.5) is 0 Å². The maximum Gasteiger partial charge on any atom is 0.242 e. The van der Waals surface area contributed by atoms with Crippen LogP contribution in [-0.4, -0.2) is 41.2 Å². The first-order valence-electron chi connectivity index (χ1n) is 10.2. The Bertz CT molecular complexity index is 780. The number of carbonyl (C=O) groups is 2. The van der Waals surface area contributed by atoms with Crippen LogP contribution in [0.5, 0.6) is 0 Å². The highest BCUT2D eigenvalue weighted by atomic mass is 16.3. The minimum atomic E-state index is -0.0209. The summed E-state index contributed by atoms with van der Waals surface area (Å²) in [6.07, 6.45) is 3.54. The molecule has 0 N–H and O–H groups in total. The summed E-state index contributed by atoms with van der Waals surface area (Å²) in [6, 6.07) is 14.0. The molecular weight excluding hydrogens is 352 g/mol. The number of hydrogen-bond acceptors (Lipinski definition) is 3. The van der Waals surface area contributed by atoms with Crippen molar-refractivity contribution >= 4 is 11.8 Å². The molecule has 0 atom stereocenters. The van der Waals surface area contributed by atoms with Crippen molar-refractivity contribution in [2.24, 2.45) is 5.92 Å². The zero-order valence-corrected chi connectivity index (χ0v) is 16.9. The van der Waals surface area contributed by atoms with E-state index in [0.29, 0.717) is 19.6 Å². The molecule has 1 heterocycles. The number of benzene rings is 1. The van der Waals surface area contributed by atoms with Crippen molar-refractivity contribution < 1.29 is 14.0 Å². The Kier molecular flexibility index (Phi) is 6.90. The quantitative estimate of drug-likeness (QED) is 0.628. The normalized spacial score (nSPS) is 13.4. The van der Waals surface area contributed by atoms with Gasteiger partial charge in [0.15, 0.2) is 0 Å². The van der Waals surface area contributed by atoms with E-state index < -0.39 is 0 Å². The second-order valence-electron chi connectivity index (χ2n) is 7.60. The zero-order valence-electron chi connectivity index (χ0n) is 16.9. The minimum absolute atomic E-state index is 0.0209. The summed E-state index contributed by atoms with van der Waals surface area (Å²) in [5.74, 6) is 1.85. The maximum atomic E-state index is 13.1. The fourth-order valence-electron chi connectivity index (χ4n) is 3.35. The first-order valence-corrected chi connectivity index (χ1v) is 10.2. The number of nitrogens with zero attached hydrogens (tertiary/aromatic N) is 2. The van der Waals surface area contributed by atoms with E-state index in [9.17, 15) is 9.59 Å². The van der Waals surface area contributed by atoms with E-state index in [-0.39, 0.29) is 24.3 Å². The Morgan fingerprint density at radius 3 is 2.39 bits per heavy atom. The van der Waals surface area contributed by atoms with Crippen molar-refractivity contribution in [3.8, 4) is 0 Å². The second kappa shape index (κ2) is 9.58. The summed E-state index contributed by atoms with van der Waals surface area (Å²) in [6.45, 7) is 5.75. The molecule has 28 heavy (non-hydrogen) atoms. The minimum Gasteiger partial charge on any atom is -0.464 e. The van der Waals surface area contributed by atoms with Crippen LogP contribution in [0, 0.1) is 12.8 Å². The van der Waals surface area contributed by atoms with Gasteiger partial charge >= 0.3 is 0 Å². The van der Waals surface area contributed by atoms with Gasteiger partial charge in [-0.1, -0.05) is 37.3 Å². The number of aryl methyl sites for hydroxylation is 1. The smallest absolute Gasteiger partial charge is 0.242 e. The van der Waals surface area contributed by atoms with Gasteiger partial charge in [0, 0.05) is 19.0 Å². The molecule has 150 valence electrons. The highest BCUT2D eigenvalue weighted by Crippen LogP contribution is 2.31. The average Bonchev–Trinajstić information content (AvgIpc) is 3.47. The van der Waals surface area contributed by atoms with Crippen molar-refractivity contribution in [1.82, 2.24) is 9.80 Å². The van der Waals surface area contributed by atoms with Crippen LogP contribution in [0.15, 0.2) is 46.9 Å². The van der Waals surface area contributed by atoms with Crippen molar-refractivity contribution in [2.45, 2.75) is 46.1 Å². The third-order valence-corrected chi connectivity index (χ3v) is 5.07. The van der Waals surface area contributed by atoms with Crippen LogP contribution in [-0.2, 0) is 22.6 Å². The molecule has 0 radical (unpaired) electrons. The Labute approximate surface area is 167 Å². The number of carbonyl (C=O) groups excluding carboxylic acids is 2. The molecule has 0 spiro atoms. The van der Waals surface area contributed by atoms with Gasteiger partial charge in [-0.3, -0.25) is 9.59 Å². The molecule has 1 fully saturated rings. The van der Waals surface area contributed by atoms with E-state index in [4.69, 9.17) is 4.42 Å².